The van der Waals surface area contributed by atoms with Gasteiger partial charge in [-0.15, -0.1) is 0 Å². The van der Waals surface area contributed by atoms with E-state index < -0.39 is 11.9 Å². The predicted octanol–water partition coefficient (Wildman–Crippen LogP) is 4.37. The van der Waals surface area contributed by atoms with Gasteiger partial charge in [0.25, 0.3) is 5.91 Å². The number of amides is 1. The van der Waals surface area contributed by atoms with Crippen molar-refractivity contribution in [2.24, 2.45) is 17.8 Å². The molecule has 1 N–H and O–H groups in total. The van der Waals surface area contributed by atoms with Crippen molar-refractivity contribution in [2.75, 3.05) is 19.5 Å². The molecule has 1 heterocycles. The summed E-state index contributed by atoms with van der Waals surface area (Å²) in [6, 6.07) is 7.97. The highest BCUT2D eigenvalue weighted by Gasteiger charge is 2.52. The van der Waals surface area contributed by atoms with Crippen LogP contribution >= 0.6 is 0 Å². The number of anilines is 1. The minimum atomic E-state index is -0.607. The standard InChI is InChI=1S/C26H28N2O5/c1-32-24(30)19-8-20(25(31)33-2)10-21(9-19)28-23(29)18-3-4-27-22(11-18)26-12-15-5-16(13-26)7-17(6-15)14-26/h3-4,8-11,15-17H,5-7,12-14H2,1-2H3,(H,28,29). The Morgan fingerprint density at radius 2 is 1.39 bits per heavy atom. The molecule has 4 aliphatic carbocycles. The second-order valence-electron chi connectivity index (χ2n) is 9.86. The van der Waals surface area contributed by atoms with Crippen LogP contribution in [-0.4, -0.2) is 37.0 Å². The molecule has 7 heteroatoms. The summed E-state index contributed by atoms with van der Waals surface area (Å²) in [5, 5.41) is 2.82. The maximum atomic E-state index is 13.1. The molecular weight excluding hydrogens is 420 g/mol. The van der Waals surface area contributed by atoms with Gasteiger partial charge < -0.3 is 14.8 Å². The predicted molar refractivity (Wildman–Crippen MR) is 121 cm³/mol. The largest absolute Gasteiger partial charge is 0.465 e. The van der Waals surface area contributed by atoms with Crippen LogP contribution in [0.1, 0.15) is 75.3 Å². The molecule has 4 aliphatic rings. The molecule has 0 spiro atoms. The van der Waals surface area contributed by atoms with Crippen LogP contribution in [0.5, 0.6) is 0 Å². The Balaban J connectivity index is 1.41. The minimum absolute atomic E-state index is 0.0912. The first-order chi connectivity index (χ1) is 15.9. The zero-order valence-electron chi connectivity index (χ0n) is 18.9. The number of methoxy groups -OCH3 is 2. The molecule has 6 rings (SSSR count). The Labute approximate surface area is 192 Å². The number of nitrogens with zero attached hydrogens (tertiary/aromatic N) is 1. The molecule has 33 heavy (non-hydrogen) atoms. The van der Waals surface area contributed by atoms with Gasteiger partial charge in [0.15, 0.2) is 0 Å². The average Bonchev–Trinajstić information content (AvgIpc) is 2.82. The molecule has 4 bridgehead atoms. The fourth-order valence-electron chi connectivity index (χ4n) is 6.66. The third kappa shape index (κ3) is 4.01. The van der Waals surface area contributed by atoms with Crippen LogP contribution in [-0.2, 0) is 14.9 Å². The molecule has 0 saturated heterocycles. The number of pyridine rings is 1. The van der Waals surface area contributed by atoms with Gasteiger partial charge in [-0.25, -0.2) is 9.59 Å². The third-order valence-corrected chi connectivity index (χ3v) is 7.64. The Bertz CT molecular complexity index is 1060. The topological polar surface area (TPSA) is 94.6 Å². The van der Waals surface area contributed by atoms with Crippen molar-refractivity contribution in [3.63, 3.8) is 0 Å². The number of rotatable bonds is 5. The smallest absolute Gasteiger partial charge is 0.337 e. The van der Waals surface area contributed by atoms with Gasteiger partial charge in [0, 0.05) is 28.6 Å². The lowest BCUT2D eigenvalue weighted by atomic mass is 9.48. The summed E-state index contributed by atoms with van der Waals surface area (Å²) in [5.41, 5.74) is 2.25. The van der Waals surface area contributed by atoms with Crippen LogP contribution in [0.2, 0.25) is 0 Å². The summed E-state index contributed by atoms with van der Waals surface area (Å²) < 4.78 is 9.54. The van der Waals surface area contributed by atoms with Crippen LogP contribution in [0.4, 0.5) is 5.69 Å². The van der Waals surface area contributed by atoms with Crippen LogP contribution in [0.3, 0.4) is 0 Å². The molecule has 0 radical (unpaired) electrons. The summed E-state index contributed by atoms with van der Waals surface area (Å²) in [6.45, 7) is 0. The molecule has 2 aromatic rings. The van der Waals surface area contributed by atoms with Gasteiger partial charge in [0.2, 0.25) is 0 Å². The van der Waals surface area contributed by atoms with E-state index in [1.807, 2.05) is 6.07 Å². The van der Waals surface area contributed by atoms with Crippen molar-refractivity contribution in [1.29, 1.82) is 0 Å². The van der Waals surface area contributed by atoms with Gasteiger partial charge in [-0.05, 0) is 86.6 Å². The quantitative estimate of drug-likeness (QED) is 0.683. The maximum absolute atomic E-state index is 13.1. The summed E-state index contributed by atoms with van der Waals surface area (Å²) in [7, 11) is 2.52. The Morgan fingerprint density at radius 3 is 1.91 bits per heavy atom. The van der Waals surface area contributed by atoms with E-state index >= 15 is 0 Å². The monoisotopic (exact) mass is 448 g/mol. The van der Waals surface area contributed by atoms with E-state index in [0.29, 0.717) is 11.3 Å². The van der Waals surface area contributed by atoms with Crippen LogP contribution in [0.15, 0.2) is 36.5 Å². The first-order valence-electron chi connectivity index (χ1n) is 11.5. The molecule has 1 aromatic heterocycles. The molecule has 4 fully saturated rings. The van der Waals surface area contributed by atoms with Crippen LogP contribution in [0, 0.1) is 17.8 Å². The lowest BCUT2D eigenvalue weighted by molar-refractivity contribution is -0.00722. The number of esters is 2. The maximum Gasteiger partial charge on any atom is 0.337 e. The fraction of sp³-hybridized carbons (Fsp3) is 0.462. The molecule has 0 atom stereocenters. The molecule has 0 unspecified atom stereocenters. The van der Waals surface area contributed by atoms with E-state index in [9.17, 15) is 14.4 Å². The molecule has 0 aliphatic heterocycles. The van der Waals surface area contributed by atoms with E-state index in [4.69, 9.17) is 14.5 Å². The molecule has 4 saturated carbocycles. The highest BCUT2D eigenvalue weighted by Crippen LogP contribution is 2.60. The van der Waals surface area contributed by atoms with Crippen molar-refractivity contribution < 1.29 is 23.9 Å². The SMILES string of the molecule is COC(=O)c1cc(NC(=O)c2ccnc(C34CC5CC(CC(C5)C3)C4)c2)cc(C(=O)OC)c1. The van der Waals surface area contributed by atoms with Crippen LogP contribution < -0.4 is 5.32 Å². The van der Waals surface area contributed by atoms with Gasteiger partial charge in [0.1, 0.15) is 0 Å². The molecule has 1 amide bonds. The second-order valence-corrected chi connectivity index (χ2v) is 9.86. The summed E-state index contributed by atoms with van der Waals surface area (Å²) in [4.78, 5) is 41.9. The Hall–Kier alpha value is -3.22. The number of hydrogen-bond acceptors (Lipinski definition) is 6. The van der Waals surface area contributed by atoms with Crippen molar-refractivity contribution in [3.8, 4) is 0 Å². The fourth-order valence-corrected chi connectivity index (χ4v) is 6.66. The van der Waals surface area contributed by atoms with Gasteiger partial charge in [-0.2, -0.15) is 0 Å². The number of aromatic nitrogens is 1. The number of carbonyl (C=O) groups is 3. The summed E-state index contributed by atoms with van der Waals surface area (Å²) in [5.74, 6) is 0.824. The van der Waals surface area contributed by atoms with Crippen molar-refractivity contribution >= 4 is 23.5 Å². The number of hydrogen-bond donors (Lipinski definition) is 1. The lowest BCUT2D eigenvalue weighted by Crippen LogP contribution is -2.49. The highest BCUT2D eigenvalue weighted by molar-refractivity contribution is 6.06. The minimum Gasteiger partial charge on any atom is -0.465 e. The Kier molecular flexibility index (Phi) is 5.43. The lowest BCUT2D eigenvalue weighted by Gasteiger charge is -2.56. The first-order valence-corrected chi connectivity index (χ1v) is 11.5. The number of nitrogens with one attached hydrogen (secondary N) is 1. The van der Waals surface area contributed by atoms with Gasteiger partial charge in [0.05, 0.1) is 25.3 Å². The number of carbonyl (C=O) groups excluding carboxylic acids is 3. The first kappa shape index (κ1) is 21.6. The second kappa shape index (κ2) is 8.28. The summed E-state index contributed by atoms with van der Waals surface area (Å²) in [6.07, 6.45) is 9.26. The van der Waals surface area contributed by atoms with Crippen molar-refractivity contribution in [3.05, 3.63) is 58.9 Å². The zero-order chi connectivity index (χ0) is 23.2. The van der Waals surface area contributed by atoms with Crippen LogP contribution in [0.25, 0.3) is 0 Å². The van der Waals surface area contributed by atoms with E-state index in [1.54, 1.807) is 12.3 Å². The highest BCUT2D eigenvalue weighted by atomic mass is 16.5. The average molecular weight is 449 g/mol. The normalized spacial score (nSPS) is 27.2. The molecule has 1 aromatic carbocycles. The van der Waals surface area contributed by atoms with Gasteiger partial charge in [-0.1, -0.05) is 0 Å². The van der Waals surface area contributed by atoms with Gasteiger partial charge in [-0.3, -0.25) is 9.78 Å². The Morgan fingerprint density at radius 1 is 0.848 bits per heavy atom. The van der Waals surface area contributed by atoms with E-state index in [-0.39, 0.29) is 22.4 Å². The number of ether oxygens (including phenoxy) is 2. The molecule has 7 nitrogen and oxygen atoms in total. The van der Waals surface area contributed by atoms with Gasteiger partial charge >= 0.3 is 11.9 Å². The van der Waals surface area contributed by atoms with Crippen molar-refractivity contribution in [2.45, 2.75) is 43.9 Å². The molecule has 172 valence electrons. The summed E-state index contributed by atoms with van der Waals surface area (Å²) >= 11 is 0. The van der Waals surface area contributed by atoms with E-state index in [0.717, 1.165) is 23.4 Å². The third-order valence-electron chi connectivity index (χ3n) is 7.64. The molecular formula is C26H28N2O5. The van der Waals surface area contributed by atoms with E-state index in [2.05, 4.69) is 5.32 Å². The van der Waals surface area contributed by atoms with Crippen molar-refractivity contribution in [1.82, 2.24) is 4.98 Å². The van der Waals surface area contributed by atoms with E-state index in [1.165, 1.54) is 70.9 Å². The zero-order valence-corrected chi connectivity index (χ0v) is 18.9. The number of benzene rings is 1.